The van der Waals surface area contributed by atoms with Crippen LogP contribution in [0.3, 0.4) is 0 Å². The highest BCUT2D eigenvalue weighted by atomic mass is 19.1. The molecule has 3 saturated carbocycles. The number of benzene rings is 2. The van der Waals surface area contributed by atoms with Crippen LogP contribution in [-0.2, 0) is 0 Å². The Bertz CT molecular complexity index is 1670. The van der Waals surface area contributed by atoms with E-state index in [4.69, 9.17) is 21.2 Å². The summed E-state index contributed by atoms with van der Waals surface area (Å²) < 4.78 is 39.6. The second-order valence-electron chi connectivity index (χ2n) is 10.9. The van der Waals surface area contributed by atoms with Gasteiger partial charge in [-0.2, -0.15) is 5.10 Å². The molecule has 6 nitrogen and oxygen atoms in total. The zero-order valence-corrected chi connectivity index (χ0v) is 22.0. The van der Waals surface area contributed by atoms with E-state index in [0.29, 0.717) is 39.4 Å². The highest BCUT2D eigenvalue weighted by molar-refractivity contribution is 6.03. The molecule has 1 saturated heterocycles. The molecule has 200 valence electrons. The van der Waals surface area contributed by atoms with Crippen molar-refractivity contribution in [1.29, 1.82) is 0 Å². The van der Waals surface area contributed by atoms with Crippen molar-refractivity contribution < 1.29 is 18.6 Å². The average molecular weight is 529 g/mol. The van der Waals surface area contributed by atoms with Crippen molar-refractivity contribution in [1.82, 2.24) is 20.1 Å². The molecule has 4 aromatic rings. The van der Waals surface area contributed by atoms with E-state index in [2.05, 4.69) is 11.2 Å². The maximum atomic E-state index is 16.7. The van der Waals surface area contributed by atoms with Gasteiger partial charge in [-0.25, -0.2) is 13.8 Å². The lowest BCUT2D eigenvalue weighted by Crippen LogP contribution is -2.14. The molecule has 1 aliphatic heterocycles. The van der Waals surface area contributed by atoms with Crippen molar-refractivity contribution in [2.45, 2.75) is 57.6 Å². The van der Waals surface area contributed by atoms with E-state index >= 15 is 4.39 Å². The van der Waals surface area contributed by atoms with Gasteiger partial charge in [-0.1, -0.05) is 25.8 Å². The second-order valence-corrected chi connectivity index (χ2v) is 10.9. The third-order valence-corrected chi connectivity index (χ3v) is 8.33. The van der Waals surface area contributed by atoms with E-state index in [1.807, 2.05) is 18.5 Å². The Hall–Kier alpha value is -3.70. The summed E-state index contributed by atoms with van der Waals surface area (Å²) in [6, 6.07) is 5.80. The fourth-order valence-corrected chi connectivity index (χ4v) is 6.19. The van der Waals surface area contributed by atoms with E-state index < -0.39 is 11.6 Å². The number of ether oxygens (including phenoxy) is 1. The monoisotopic (exact) mass is 528 g/mol. The number of piperidine rings is 1. The minimum absolute atomic E-state index is 0.00755. The molecule has 2 aromatic heterocycles. The molecule has 2 N–H and O–H groups in total. The molecule has 0 spiro atoms. The Morgan fingerprint density at radius 2 is 1.82 bits per heavy atom. The summed E-state index contributed by atoms with van der Waals surface area (Å²) in [5.74, 6) is 2.82. The average Bonchev–Trinajstić information content (AvgIpc) is 3.91. The molecule has 4 fully saturated rings. The number of halogens is 2. The zero-order valence-electron chi connectivity index (χ0n) is 22.0. The largest absolute Gasteiger partial charge is 0.508 e. The van der Waals surface area contributed by atoms with Gasteiger partial charge in [0.1, 0.15) is 28.9 Å². The van der Waals surface area contributed by atoms with Crippen LogP contribution in [0.5, 0.6) is 11.6 Å². The van der Waals surface area contributed by atoms with E-state index in [1.54, 1.807) is 0 Å². The van der Waals surface area contributed by atoms with Gasteiger partial charge >= 0.3 is 0 Å². The molecule has 0 bridgehead atoms. The molecular weight excluding hydrogens is 498 g/mol. The first-order valence-electron chi connectivity index (χ1n) is 13.9. The van der Waals surface area contributed by atoms with E-state index in [1.165, 1.54) is 24.3 Å². The number of pyridine rings is 1. The van der Waals surface area contributed by atoms with Crippen LogP contribution in [0.15, 0.2) is 24.3 Å². The minimum atomic E-state index is -0.586. The SMILES string of the molecule is C#Cc1c(F)ccc2cc(O)cc(-c3nc(OC4CC4)c4c(C5C6CNCC65)nn(C5CC5)c4c3F)c12.CC. The Balaban J connectivity index is 0.00000124. The van der Waals surface area contributed by atoms with Gasteiger partial charge in [-0.05, 0) is 74.2 Å². The van der Waals surface area contributed by atoms with Gasteiger partial charge in [-0.15, -0.1) is 6.42 Å². The third-order valence-electron chi connectivity index (χ3n) is 8.33. The zero-order chi connectivity index (χ0) is 27.0. The lowest BCUT2D eigenvalue weighted by Gasteiger charge is -2.15. The van der Waals surface area contributed by atoms with Crippen LogP contribution in [0.25, 0.3) is 32.9 Å². The predicted octanol–water partition coefficient (Wildman–Crippen LogP) is 6.05. The first-order chi connectivity index (χ1) is 19.0. The number of aromatic nitrogens is 3. The Morgan fingerprint density at radius 3 is 2.49 bits per heavy atom. The highest BCUT2D eigenvalue weighted by Gasteiger charge is 2.56. The molecule has 3 heterocycles. The normalized spacial score (nSPS) is 23.3. The third kappa shape index (κ3) is 3.78. The van der Waals surface area contributed by atoms with E-state index in [-0.39, 0.29) is 40.6 Å². The Morgan fingerprint density at radius 1 is 1.08 bits per heavy atom. The van der Waals surface area contributed by atoms with E-state index in [0.717, 1.165) is 44.5 Å². The van der Waals surface area contributed by atoms with Crippen molar-refractivity contribution in [2.75, 3.05) is 13.1 Å². The van der Waals surface area contributed by atoms with Gasteiger partial charge in [0.2, 0.25) is 5.88 Å². The summed E-state index contributed by atoms with van der Waals surface area (Å²) in [5.41, 5.74) is 1.49. The molecule has 0 radical (unpaired) electrons. The number of aromatic hydroxyl groups is 1. The first-order valence-corrected chi connectivity index (χ1v) is 13.9. The predicted molar refractivity (Wildman–Crippen MR) is 146 cm³/mol. The summed E-state index contributed by atoms with van der Waals surface area (Å²) in [7, 11) is 0. The summed E-state index contributed by atoms with van der Waals surface area (Å²) in [6.45, 7) is 5.88. The molecule has 2 unspecified atom stereocenters. The van der Waals surface area contributed by atoms with Crippen LogP contribution in [0.2, 0.25) is 0 Å². The van der Waals surface area contributed by atoms with Crippen molar-refractivity contribution in [2.24, 2.45) is 11.8 Å². The molecule has 2 aromatic carbocycles. The lowest BCUT2D eigenvalue weighted by atomic mass is 9.95. The maximum Gasteiger partial charge on any atom is 0.225 e. The first kappa shape index (κ1) is 24.3. The molecule has 8 heteroatoms. The number of phenolic OH excluding ortho intramolecular Hbond substituents is 1. The van der Waals surface area contributed by atoms with Gasteiger partial charge in [0.15, 0.2) is 5.82 Å². The van der Waals surface area contributed by atoms with Crippen molar-refractivity contribution in [3.8, 4) is 35.2 Å². The van der Waals surface area contributed by atoms with Gasteiger partial charge in [-0.3, -0.25) is 4.68 Å². The molecule has 8 rings (SSSR count). The minimum Gasteiger partial charge on any atom is -0.508 e. The van der Waals surface area contributed by atoms with Crippen LogP contribution in [0.1, 0.15) is 62.7 Å². The number of phenols is 1. The van der Waals surface area contributed by atoms with Crippen molar-refractivity contribution in [3.05, 3.63) is 47.2 Å². The quantitative estimate of drug-likeness (QED) is 0.309. The van der Waals surface area contributed by atoms with Crippen LogP contribution < -0.4 is 10.1 Å². The number of nitrogens with zero attached hydrogens (tertiary/aromatic N) is 3. The van der Waals surface area contributed by atoms with Gasteiger partial charge < -0.3 is 15.2 Å². The lowest BCUT2D eigenvalue weighted by molar-refractivity contribution is 0.295. The summed E-state index contributed by atoms with van der Waals surface area (Å²) in [6.07, 6.45) is 9.43. The standard InChI is InChI=1S/C29H24F2N4O2.C2H6/c1-2-17-21(30)8-3-13-9-15(36)10-18(22(13)17)26-25(31)28-24(29(33-26)37-16-6-7-16)27(34-35(28)14-4-5-14)23-19-11-32-12-20(19)23;1-2/h1,3,8-10,14,16,19-20,23,32,36H,4-7,11-12H2;1-2H3. The fourth-order valence-electron chi connectivity index (χ4n) is 6.19. The Kier molecular flexibility index (Phi) is 5.57. The number of hydrogen-bond donors (Lipinski definition) is 2. The molecule has 0 amide bonds. The van der Waals surface area contributed by atoms with Gasteiger partial charge in [0, 0.05) is 16.9 Å². The second kappa shape index (κ2) is 8.92. The van der Waals surface area contributed by atoms with Crippen LogP contribution >= 0.6 is 0 Å². The maximum absolute atomic E-state index is 16.7. The van der Waals surface area contributed by atoms with E-state index in [9.17, 15) is 9.50 Å². The molecular formula is C31H30F2N4O2. The highest BCUT2D eigenvalue weighted by Crippen LogP contribution is 2.58. The topological polar surface area (TPSA) is 72.2 Å². The molecule has 39 heavy (non-hydrogen) atoms. The van der Waals surface area contributed by atoms with Crippen LogP contribution in [0.4, 0.5) is 8.78 Å². The molecule has 3 aliphatic carbocycles. The summed E-state index contributed by atoms with van der Waals surface area (Å²) in [5, 5.41) is 20.4. The summed E-state index contributed by atoms with van der Waals surface area (Å²) >= 11 is 0. The Labute approximate surface area is 225 Å². The summed E-state index contributed by atoms with van der Waals surface area (Å²) in [4.78, 5) is 4.74. The smallest absolute Gasteiger partial charge is 0.225 e. The van der Waals surface area contributed by atoms with Crippen molar-refractivity contribution >= 4 is 21.7 Å². The van der Waals surface area contributed by atoms with Crippen LogP contribution in [-0.4, -0.2) is 39.1 Å². The van der Waals surface area contributed by atoms with Crippen molar-refractivity contribution in [3.63, 3.8) is 0 Å². The van der Waals surface area contributed by atoms with Gasteiger partial charge in [0.25, 0.3) is 0 Å². The molecule has 2 atom stereocenters. The number of terminal acetylenes is 1. The fraction of sp³-hybridized carbons (Fsp3) is 0.419. The van der Waals surface area contributed by atoms with Crippen LogP contribution in [0, 0.1) is 35.8 Å². The number of rotatable bonds is 5. The number of nitrogens with one attached hydrogen (secondary N) is 1. The van der Waals surface area contributed by atoms with Gasteiger partial charge in [0.05, 0.1) is 22.7 Å². The number of hydrogen-bond acceptors (Lipinski definition) is 5. The number of fused-ring (bicyclic) bond motifs is 3. The molecule has 4 aliphatic rings.